The monoisotopic (exact) mass is 1290 g/mol. The number of aryl methyl sites for hydroxylation is 1. The van der Waals surface area contributed by atoms with Gasteiger partial charge in [-0.25, -0.2) is 15.0 Å². The minimum atomic E-state index is 0.421. The van der Waals surface area contributed by atoms with Gasteiger partial charge in [0.15, 0.2) is 5.82 Å². The van der Waals surface area contributed by atoms with Gasteiger partial charge < -0.3 is 29.7 Å². The van der Waals surface area contributed by atoms with Crippen molar-refractivity contribution in [3.63, 3.8) is 0 Å². The van der Waals surface area contributed by atoms with Crippen molar-refractivity contribution >= 4 is 162 Å². The van der Waals surface area contributed by atoms with Gasteiger partial charge in [-0.05, 0) is 104 Å². The quantitative estimate of drug-likeness (QED) is 0.133. The molecule has 0 spiro atoms. The second kappa shape index (κ2) is 24.7. The van der Waals surface area contributed by atoms with Gasteiger partial charge in [-0.15, -0.1) is 11.8 Å². The minimum absolute atomic E-state index is 0.421. The number of nitrogens with one attached hydrogen (secondary N) is 3. The van der Waals surface area contributed by atoms with Crippen LogP contribution in [0.5, 0.6) is 17.2 Å². The van der Waals surface area contributed by atoms with Crippen LogP contribution in [0.15, 0.2) is 154 Å². The molecular formula is C55H47Br3Cl3N9O3S2. The number of ether oxygens (including phenoxy) is 3. The summed E-state index contributed by atoms with van der Waals surface area (Å²) in [5.41, 5.74) is 13.7. The highest BCUT2D eigenvalue weighted by molar-refractivity contribution is 9.11. The van der Waals surface area contributed by atoms with Crippen LogP contribution in [0.25, 0.3) is 0 Å². The molecule has 6 aromatic carbocycles. The zero-order valence-electron chi connectivity index (χ0n) is 41.6. The van der Waals surface area contributed by atoms with Crippen molar-refractivity contribution in [2.24, 2.45) is 20.0 Å². The largest absolute Gasteiger partial charge is 0.495 e. The molecule has 75 heavy (non-hydrogen) atoms. The number of halogens is 6. The molecular weight excluding hydrogens is 1240 g/mol. The number of hydrogen-bond donors (Lipinski definition) is 3. The Labute approximate surface area is 485 Å². The third kappa shape index (κ3) is 12.2. The number of thiocarbonyl (C=S) groups is 1. The summed E-state index contributed by atoms with van der Waals surface area (Å²) in [5, 5.41) is 16.6. The molecule has 4 heterocycles. The van der Waals surface area contributed by atoms with Gasteiger partial charge in [-0.2, -0.15) is 5.10 Å². The number of rotatable bonds is 7. The SMILES string of the molecule is COc1cc2c(cc1Br)C(c1ccccc1Cl)=NC(=C(C)N(C)C)C(SC)=N2.COc1cc2c(cc1Br)C(c1ccccc1Cl)=NCC(=S)N2.COc1cc2c(cc1Br)C(c1ccccc1Cl)=Nc1c(n[nH]c1C)N2. The van der Waals surface area contributed by atoms with Crippen LogP contribution in [-0.2, 0) is 0 Å². The lowest BCUT2D eigenvalue weighted by molar-refractivity contribution is 0.412. The Morgan fingerprint density at radius 3 is 1.60 bits per heavy atom. The Morgan fingerprint density at radius 2 is 1.09 bits per heavy atom. The normalized spacial score (nSPS) is 13.9. The molecule has 0 saturated carbocycles. The van der Waals surface area contributed by atoms with E-state index in [0.717, 1.165) is 126 Å². The molecule has 0 amide bonds. The van der Waals surface area contributed by atoms with Gasteiger partial charge in [0.25, 0.3) is 0 Å². The van der Waals surface area contributed by atoms with Gasteiger partial charge in [0.2, 0.25) is 0 Å². The fraction of sp³-hybridized carbons (Fsp3) is 0.164. The lowest BCUT2D eigenvalue weighted by atomic mass is 10.00. The molecule has 7 aromatic rings. The molecule has 0 aliphatic carbocycles. The molecule has 3 aliphatic heterocycles. The molecule has 10 rings (SSSR count). The molecule has 3 N–H and O–H groups in total. The summed E-state index contributed by atoms with van der Waals surface area (Å²) in [6, 6.07) is 34.8. The summed E-state index contributed by atoms with van der Waals surface area (Å²) in [7, 11) is 8.92. The average Bonchev–Trinajstić information content (AvgIpc) is 3.50. The number of hydrogen-bond acceptors (Lipinski definition) is 12. The van der Waals surface area contributed by atoms with Gasteiger partial charge in [0.1, 0.15) is 38.7 Å². The van der Waals surface area contributed by atoms with E-state index in [1.54, 1.807) is 33.1 Å². The van der Waals surface area contributed by atoms with Crippen LogP contribution in [0.4, 0.5) is 28.6 Å². The number of thioether (sulfide) groups is 1. The van der Waals surface area contributed by atoms with E-state index >= 15 is 0 Å². The maximum absolute atomic E-state index is 6.55. The fourth-order valence-electron chi connectivity index (χ4n) is 7.94. The first-order chi connectivity index (χ1) is 36.0. The predicted octanol–water partition coefficient (Wildman–Crippen LogP) is 16.2. The Hall–Kier alpha value is -5.50. The van der Waals surface area contributed by atoms with E-state index in [2.05, 4.69) is 73.6 Å². The van der Waals surface area contributed by atoms with E-state index in [9.17, 15) is 0 Å². The van der Waals surface area contributed by atoms with Gasteiger partial charge >= 0.3 is 0 Å². The summed E-state index contributed by atoms with van der Waals surface area (Å²) in [5.74, 6) is 2.85. The van der Waals surface area contributed by atoms with Gasteiger partial charge in [-0.1, -0.05) is 102 Å². The first-order valence-corrected chi connectivity index (χ1v) is 27.9. The summed E-state index contributed by atoms with van der Waals surface area (Å²) in [4.78, 5) is 22.2. The molecule has 0 fully saturated rings. The van der Waals surface area contributed by atoms with Crippen molar-refractivity contribution in [3.8, 4) is 17.2 Å². The number of aromatic nitrogens is 2. The zero-order valence-corrected chi connectivity index (χ0v) is 50.3. The Balaban J connectivity index is 0.000000150. The molecule has 20 heteroatoms. The van der Waals surface area contributed by atoms with E-state index in [0.29, 0.717) is 32.4 Å². The second-order valence-corrected chi connectivity index (χ2v) is 21.8. The molecule has 3 aliphatic rings. The maximum Gasteiger partial charge on any atom is 0.178 e. The Bertz CT molecular complexity index is 3550. The summed E-state index contributed by atoms with van der Waals surface area (Å²) < 4.78 is 18.8. The van der Waals surface area contributed by atoms with E-state index in [1.807, 2.05) is 148 Å². The number of benzodiazepines with no additional fused rings is 1. The zero-order chi connectivity index (χ0) is 53.7. The van der Waals surface area contributed by atoms with Crippen molar-refractivity contribution in [2.45, 2.75) is 13.8 Å². The molecule has 0 radical (unpaired) electrons. The maximum atomic E-state index is 6.55. The number of benzene rings is 6. The summed E-state index contributed by atoms with van der Waals surface area (Å²) in [6.45, 7) is 4.40. The first-order valence-electron chi connectivity index (χ1n) is 22.8. The highest BCUT2D eigenvalue weighted by Crippen LogP contribution is 2.43. The van der Waals surface area contributed by atoms with Crippen LogP contribution in [0.1, 0.15) is 46.0 Å². The number of aromatic amines is 1. The number of H-pyrrole nitrogens is 1. The lowest BCUT2D eigenvalue weighted by Gasteiger charge is -2.17. The van der Waals surface area contributed by atoms with Gasteiger partial charge in [0, 0.05) is 86.4 Å². The third-order valence-corrected chi connectivity index (χ3v) is 15.7. The highest BCUT2D eigenvalue weighted by Gasteiger charge is 2.27. The number of anilines is 3. The van der Waals surface area contributed by atoms with E-state index in [-0.39, 0.29) is 0 Å². The van der Waals surface area contributed by atoms with Crippen molar-refractivity contribution < 1.29 is 14.2 Å². The van der Waals surface area contributed by atoms with E-state index < -0.39 is 0 Å². The number of aliphatic imine (C=N–C) groups is 4. The van der Waals surface area contributed by atoms with E-state index in [1.165, 1.54) is 0 Å². The van der Waals surface area contributed by atoms with E-state index in [4.69, 9.17) is 76.2 Å². The highest BCUT2D eigenvalue weighted by atomic mass is 79.9. The van der Waals surface area contributed by atoms with Crippen LogP contribution >= 0.6 is 107 Å². The summed E-state index contributed by atoms with van der Waals surface area (Å²) >= 11 is 36.9. The molecule has 12 nitrogen and oxygen atoms in total. The number of methoxy groups -OCH3 is 3. The Morgan fingerprint density at radius 1 is 0.627 bits per heavy atom. The molecule has 0 atom stereocenters. The lowest BCUT2D eigenvalue weighted by Crippen LogP contribution is -2.14. The Kier molecular flexibility index (Phi) is 18.3. The predicted molar refractivity (Wildman–Crippen MR) is 328 cm³/mol. The number of fused-ring (bicyclic) bond motifs is 4. The molecule has 0 unspecified atom stereocenters. The van der Waals surface area contributed by atoms with Crippen LogP contribution in [0, 0.1) is 6.92 Å². The van der Waals surface area contributed by atoms with Crippen molar-refractivity contribution in [2.75, 3.05) is 58.9 Å². The molecule has 384 valence electrons. The third-order valence-electron chi connectivity index (χ3n) is 11.9. The second-order valence-electron chi connectivity index (χ2n) is 16.8. The van der Waals surface area contributed by atoms with Crippen LogP contribution < -0.4 is 24.8 Å². The van der Waals surface area contributed by atoms with Crippen molar-refractivity contribution in [1.82, 2.24) is 15.1 Å². The average molecular weight is 1290 g/mol. The number of allylic oxidation sites excluding steroid dienone is 1. The van der Waals surface area contributed by atoms with Crippen LogP contribution in [0.2, 0.25) is 15.1 Å². The molecule has 0 saturated heterocycles. The number of nitrogens with zero attached hydrogens (tertiary/aromatic N) is 6. The first kappa shape index (κ1) is 55.7. The standard InChI is InChI=1S/C21H21BrClN3OS.C18H14BrClN4O.C16H12BrClN2OS/c1-12(26(2)3)19-21(28-5)24-17-11-18(27-4)15(22)10-14(17)20(25-19)13-8-6-7-9-16(13)23;1-9-16-18(24-23-9)21-14-8-15(25-2)12(19)7-11(14)17(22-16)10-5-3-4-6-13(10)20;1-21-14-7-13-10(6-11(14)17)16(19-8-15(22)20-13)9-4-2-3-5-12(9)18/h6-11H,1-5H3;3-8H,1-2H3,(H2,21,23,24);2-7H,8H2,1H3,(H,20,22). The smallest absolute Gasteiger partial charge is 0.178 e. The van der Waals surface area contributed by atoms with Crippen molar-refractivity contribution in [3.05, 3.63) is 188 Å². The van der Waals surface area contributed by atoms with Gasteiger partial charge in [0.05, 0.1) is 81.2 Å². The molecule has 0 bridgehead atoms. The van der Waals surface area contributed by atoms with Crippen molar-refractivity contribution in [1.29, 1.82) is 0 Å². The van der Waals surface area contributed by atoms with Crippen LogP contribution in [-0.4, -0.2) is 90.5 Å². The fourth-order valence-corrected chi connectivity index (χ4v) is 10.9. The van der Waals surface area contributed by atoms with Crippen LogP contribution in [0.3, 0.4) is 0 Å². The molecule has 1 aromatic heterocycles. The van der Waals surface area contributed by atoms with Gasteiger partial charge in [-0.3, -0.25) is 10.1 Å². The summed E-state index contributed by atoms with van der Waals surface area (Å²) in [6.07, 6.45) is 2.01. The minimum Gasteiger partial charge on any atom is -0.495 e. The topological polar surface area (TPSA) is 133 Å².